The van der Waals surface area contributed by atoms with Gasteiger partial charge in [0.15, 0.2) is 0 Å². The first-order valence-electron chi connectivity index (χ1n) is 5.22. The zero-order chi connectivity index (χ0) is 13.0. The van der Waals surface area contributed by atoms with Gasteiger partial charge in [0.25, 0.3) is 5.91 Å². The summed E-state index contributed by atoms with van der Waals surface area (Å²) in [5.74, 6) is 0.627. The summed E-state index contributed by atoms with van der Waals surface area (Å²) in [5.41, 5.74) is 0.620. The van der Waals surface area contributed by atoms with Crippen LogP contribution in [-0.2, 0) is 0 Å². The fourth-order valence-electron chi connectivity index (χ4n) is 1.31. The van der Waals surface area contributed by atoms with Crippen LogP contribution in [0.3, 0.4) is 0 Å². The summed E-state index contributed by atoms with van der Waals surface area (Å²) in [7, 11) is 3.27. The van der Waals surface area contributed by atoms with Gasteiger partial charge in [0, 0.05) is 10.6 Å². The molecule has 17 heavy (non-hydrogen) atoms. The van der Waals surface area contributed by atoms with Crippen LogP contribution in [0.4, 0.5) is 0 Å². The van der Waals surface area contributed by atoms with Gasteiger partial charge in [0.1, 0.15) is 5.75 Å². The lowest BCUT2D eigenvalue weighted by Crippen LogP contribution is -2.37. The van der Waals surface area contributed by atoms with Crippen molar-refractivity contribution in [3.8, 4) is 5.75 Å². The molecule has 0 radical (unpaired) electrons. The first kappa shape index (κ1) is 14.2. The third kappa shape index (κ3) is 3.32. The van der Waals surface area contributed by atoms with E-state index < -0.39 is 0 Å². The van der Waals surface area contributed by atoms with Crippen molar-refractivity contribution < 1.29 is 14.6 Å². The Kier molecular flexibility index (Phi) is 5.20. The van der Waals surface area contributed by atoms with Crippen LogP contribution in [0, 0.1) is 3.57 Å². The number of carbonyl (C=O) groups is 1. The highest BCUT2D eigenvalue weighted by atomic mass is 127. The highest BCUT2D eigenvalue weighted by Crippen LogP contribution is 2.21. The summed E-state index contributed by atoms with van der Waals surface area (Å²) in [6, 6.07) is 5.11. The van der Waals surface area contributed by atoms with Crippen molar-refractivity contribution in [2.75, 3.05) is 20.8 Å². The number of amides is 1. The first-order chi connectivity index (χ1) is 8.01. The Labute approximate surface area is 115 Å². The molecule has 0 saturated carbocycles. The number of halogens is 1. The second kappa shape index (κ2) is 6.20. The highest BCUT2D eigenvalue weighted by Gasteiger charge is 2.19. The molecule has 0 saturated heterocycles. The number of rotatable bonds is 4. The zero-order valence-electron chi connectivity index (χ0n) is 10.1. The van der Waals surface area contributed by atoms with Crippen LogP contribution in [0.25, 0.3) is 0 Å². The summed E-state index contributed by atoms with van der Waals surface area (Å²) >= 11 is 2.10. The quantitative estimate of drug-likeness (QED) is 0.843. The number of aliphatic hydroxyl groups excluding tert-OH is 1. The molecule has 1 aromatic carbocycles. The summed E-state index contributed by atoms with van der Waals surface area (Å²) in [6.45, 7) is 1.75. The van der Waals surface area contributed by atoms with Crippen molar-refractivity contribution in [2.24, 2.45) is 0 Å². The molecule has 5 heteroatoms. The Hall–Kier alpha value is -0.820. The van der Waals surface area contributed by atoms with Crippen LogP contribution >= 0.6 is 22.6 Å². The van der Waals surface area contributed by atoms with Crippen molar-refractivity contribution in [3.63, 3.8) is 0 Å². The molecule has 0 aliphatic rings. The number of likely N-dealkylation sites (N-methyl/N-ethyl adjacent to an activating group) is 1. The van der Waals surface area contributed by atoms with E-state index in [0.717, 1.165) is 9.32 Å². The van der Waals surface area contributed by atoms with Gasteiger partial charge in [-0.05, 0) is 47.7 Å². The Balaban J connectivity index is 2.96. The normalized spacial score (nSPS) is 12.1. The lowest BCUT2D eigenvalue weighted by Gasteiger charge is -2.23. The molecule has 94 valence electrons. The fraction of sp³-hybridized carbons (Fsp3) is 0.417. The smallest absolute Gasteiger partial charge is 0.254 e. The number of carbonyl (C=O) groups excluding carboxylic acids is 1. The fourth-order valence-corrected chi connectivity index (χ4v) is 2.03. The molecule has 1 atom stereocenters. The van der Waals surface area contributed by atoms with Crippen LogP contribution in [-0.4, -0.2) is 42.7 Å². The first-order valence-corrected chi connectivity index (χ1v) is 6.30. The molecule has 0 aromatic heterocycles. The van der Waals surface area contributed by atoms with E-state index >= 15 is 0 Å². The van der Waals surface area contributed by atoms with Crippen LogP contribution in [0.15, 0.2) is 18.2 Å². The predicted molar refractivity (Wildman–Crippen MR) is 74.4 cm³/mol. The molecular weight excluding hydrogens is 333 g/mol. The van der Waals surface area contributed by atoms with Gasteiger partial charge in [-0.1, -0.05) is 0 Å². The van der Waals surface area contributed by atoms with Gasteiger partial charge < -0.3 is 14.7 Å². The van der Waals surface area contributed by atoms with Crippen molar-refractivity contribution in [1.82, 2.24) is 4.90 Å². The molecule has 0 aliphatic heterocycles. The third-order valence-electron chi connectivity index (χ3n) is 2.65. The molecule has 0 spiro atoms. The van der Waals surface area contributed by atoms with E-state index in [1.807, 2.05) is 6.07 Å². The molecule has 1 rings (SSSR count). The van der Waals surface area contributed by atoms with Gasteiger partial charge in [0.05, 0.1) is 25.3 Å². The summed E-state index contributed by atoms with van der Waals surface area (Å²) < 4.78 is 5.93. The van der Waals surface area contributed by atoms with Gasteiger partial charge in [-0.15, -0.1) is 0 Å². The van der Waals surface area contributed by atoms with Gasteiger partial charge in [-0.2, -0.15) is 0 Å². The Morgan fingerprint density at radius 1 is 1.59 bits per heavy atom. The van der Waals surface area contributed by atoms with Gasteiger partial charge >= 0.3 is 0 Å². The van der Waals surface area contributed by atoms with Crippen LogP contribution in [0.1, 0.15) is 17.3 Å². The van der Waals surface area contributed by atoms with E-state index in [2.05, 4.69) is 22.6 Å². The zero-order valence-corrected chi connectivity index (χ0v) is 12.3. The lowest BCUT2D eigenvalue weighted by atomic mass is 10.1. The molecule has 0 bridgehead atoms. The maximum atomic E-state index is 12.1. The number of benzene rings is 1. The largest absolute Gasteiger partial charge is 0.497 e. The van der Waals surface area contributed by atoms with Crippen LogP contribution in [0.5, 0.6) is 5.75 Å². The number of hydrogen-bond acceptors (Lipinski definition) is 3. The van der Waals surface area contributed by atoms with E-state index in [-0.39, 0.29) is 18.6 Å². The van der Waals surface area contributed by atoms with Crippen molar-refractivity contribution in [2.45, 2.75) is 13.0 Å². The number of hydrogen-bond donors (Lipinski definition) is 1. The van der Waals surface area contributed by atoms with E-state index in [1.165, 1.54) is 4.90 Å². The Morgan fingerprint density at radius 2 is 2.24 bits per heavy atom. The van der Waals surface area contributed by atoms with Crippen LogP contribution < -0.4 is 4.74 Å². The molecule has 1 amide bonds. The molecule has 0 fully saturated rings. The highest BCUT2D eigenvalue weighted by molar-refractivity contribution is 14.1. The average molecular weight is 349 g/mol. The van der Waals surface area contributed by atoms with Crippen molar-refractivity contribution in [3.05, 3.63) is 27.3 Å². The van der Waals surface area contributed by atoms with E-state index in [9.17, 15) is 4.79 Å². The number of methoxy groups -OCH3 is 1. The SMILES string of the molecule is COc1ccc(C(=O)N(C)C(C)CO)c(I)c1. The molecular formula is C12H16INO3. The Morgan fingerprint density at radius 3 is 2.71 bits per heavy atom. The van der Waals surface area contributed by atoms with E-state index in [4.69, 9.17) is 9.84 Å². The number of nitrogens with zero attached hydrogens (tertiary/aromatic N) is 1. The van der Waals surface area contributed by atoms with Gasteiger partial charge in [0.2, 0.25) is 0 Å². The van der Waals surface area contributed by atoms with Crippen LogP contribution in [0.2, 0.25) is 0 Å². The summed E-state index contributed by atoms with van der Waals surface area (Å²) in [5, 5.41) is 9.04. The average Bonchev–Trinajstić information content (AvgIpc) is 2.35. The molecule has 0 heterocycles. The molecule has 0 aliphatic carbocycles. The van der Waals surface area contributed by atoms with E-state index in [0.29, 0.717) is 5.56 Å². The second-order valence-electron chi connectivity index (χ2n) is 3.79. The summed E-state index contributed by atoms with van der Waals surface area (Å²) in [4.78, 5) is 13.7. The number of ether oxygens (including phenoxy) is 1. The third-order valence-corrected chi connectivity index (χ3v) is 3.54. The summed E-state index contributed by atoms with van der Waals surface area (Å²) in [6.07, 6.45) is 0. The monoisotopic (exact) mass is 349 g/mol. The lowest BCUT2D eigenvalue weighted by molar-refractivity contribution is 0.0681. The predicted octanol–water partition coefficient (Wildman–Crippen LogP) is 1.75. The maximum Gasteiger partial charge on any atom is 0.254 e. The molecule has 1 aromatic rings. The van der Waals surface area contributed by atoms with Gasteiger partial charge in [-0.25, -0.2) is 0 Å². The molecule has 1 unspecified atom stereocenters. The van der Waals surface area contributed by atoms with Gasteiger partial charge in [-0.3, -0.25) is 4.79 Å². The van der Waals surface area contributed by atoms with E-state index in [1.54, 1.807) is 33.2 Å². The number of aliphatic hydroxyl groups is 1. The standard InChI is InChI=1S/C12H16INO3/c1-8(7-15)14(2)12(16)10-5-4-9(17-3)6-11(10)13/h4-6,8,15H,7H2,1-3H3. The minimum absolute atomic E-state index is 0.0467. The van der Waals surface area contributed by atoms with Crippen molar-refractivity contribution in [1.29, 1.82) is 0 Å². The minimum atomic E-state index is -0.194. The topological polar surface area (TPSA) is 49.8 Å². The maximum absolute atomic E-state index is 12.1. The molecule has 1 N–H and O–H groups in total. The second-order valence-corrected chi connectivity index (χ2v) is 4.96. The Bertz CT molecular complexity index is 409. The van der Waals surface area contributed by atoms with Crippen molar-refractivity contribution >= 4 is 28.5 Å². The molecule has 4 nitrogen and oxygen atoms in total. The minimum Gasteiger partial charge on any atom is -0.497 e.